The first-order valence-electron chi connectivity index (χ1n) is 9.67. The Kier molecular flexibility index (Phi) is 8.75. The maximum atomic E-state index is 6.00. The monoisotopic (exact) mass is 507 g/mol. The summed E-state index contributed by atoms with van der Waals surface area (Å²) in [6.07, 6.45) is 4.97. The second-order valence-electron chi connectivity index (χ2n) is 6.98. The van der Waals surface area contributed by atoms with Crippen LogP contribution in [-0.4, -0.2) is 41.6 Å². The summed E-state index contributed by atoms with van der Waals surface area (Å²) in [5, 5.41) is 6.66. The highest BCUT2D eigenvalue weighted by Gasteiger charge is 2.08. The predicted molar refractivity (Wildman–Crippen MR) is 130 cm³/mol. The number of rotatable bonds is 7. The van der Waals surface area contributed by atoms with Crippen molar-refractivity contribution in [2.45, 2.75) is 33.3 Å². The van der Waals surface area contributed by atoms with Gasteiger partial charge in [-0.2, -0.15) is 0 Å². The van der Waals surface area contributed by atoms with Crippen LogP contribution in [0.1, 0.15) is 23.7 Å². The number of imidazole rings is 1. The molecular formula is C22H30IN5O. The van der Waals surface area contributed by atoms with Crippen LogP contribution in [0.4, 0.5) is 0 Å². The summed E-state index contributed by atoms with van der Waals surface area (Å²) in [5.74, 6) is 1.68. The zero-order valence-corrected chi connectivity index (χ0v) is 19.8. The molecule has 6 nitrogen and oxygen atoms in total. The summed E-state index contributed by atoms with van der Waals surface area (Å²) in [4.78, 5) is 8.99. The van der Waals surface area contributed by atoms with Crippen molar-refractivity contribution in [2.75, 3.05) is 20.1 Å². The zero-order chi connectivity index (χ0) is 19.9. The number of guanidine groups is 1. The number of hydrogen-bond acceptors (Lipinski definition) is 3. The number of ether oxygens (including phenoxy) is 1. The molecule has 0 saturated heterocycles. The van der Waals surface area contributed by atoms with E-state index in [0.29, 0.717) is 6.54 Å². The molecule has 0 radical (unpaired) electrons. The van der Waals surface area contributed by atoms with Gasteiger partial charge in [-0.25, -0.2) is 4.98 Å². The maximum Gasteiger partial charge on any atom is 0.191 e. The number of nitrogens with zero attached hydrogens (tertiary/aromatic N) is 3. The van der Waals surface area contributed by atoms with E-state index in [4.69, 9.17) is 9.72 Å². The fourth-order valence-electron chi connectivity index (χ4n) is 3.04. The molecule has 156 valence electrons. The van der Waals surface area contributed by atoms with Crippen molar-refractivity contribution in [3.63, 3.8) is 0 Å². The van der Waals surface area contributed by atoms with Crippen molar-refractivity contribution in [3.8, 4) is 5.75 Å². The molecule has 0 fully saturated rings. The molecule has 0 saturated carbocycles. The molecule has 2 heterocycles. The number of aryl methyl sites for hydroxylation is 2. The number of benzene rings is 1. The lowest BCUT2D eigenvalue weighted by Gasteiger charge is -2.18. The Bertz CT molecular complexity index is 953. The summed E-state index contributed by atoms with van der Waals surface area (Å²) in [5.41, 5.74) is 4.40. The normalized spacial score (nSPS) is 12.3. The van der Waals surface area contributed by atoms with E-state index in [9.17, 15) is 0 Å². The molecule has 3 aromatic rings. The highest BCUT2D eigenvalue weighted by Crippen LogP contribution is 2.17. The third-order valence-electron chi connectivity index (χ3n) is 4.60. The third-order valence-corrected chi connectivity index (χ3v) is 4.60. The Hall–Kier alpha value is -2.29. The first-order chi connectivity index (χ1) is 13.6. The molecule has 3 rings (SSSR count). The topological polar surface area (TPSA) is 63.0 Å². The number of para-hydroxylation sites is 1. The van der Waals surface area contributed by atoms with Crippen LogP contribution in [0, 0.1) is 13.8 Å². The summed E-state index contributed by atoms with van der Waals surface area (Å²) < 4.78 is 8.07. The van der Waals surface area contributed by atoms with E-state index in [1.165, 1.54) is 5.56 Å². The molecule has 1 aromatic carbocycles. The van der Waals surface area contributed by atoms with Crippen LogP contribution < -0.4 is 15.4 Å². The Labute approximate surface area is 189 Å². The average molecular weight is 507 g/mol. The number of halogens is 1. The average Bonchev–Trinajstić information content (AvgIpc) is 3.11. The number of nitrogens with one attached hydrogen (secondary N) is 2. The summed E-state index contributed by atoms with van der Waals surface area (Å²) in [7, 11) is 1.77. The molecule has 0 aliphatic heterocycles. The summed E-state index contributed by atoms with van der Waals surface area (Å²) in [6, 6.07) is 12.2. The van der Waals surface area contributed by atoms with Crippen LogP contribution in [0.2, 0.25) is 0 Å². The van der Waals surface area contributed by atoms with Crippen LogP contribution in [0.25, 0.3) is 5.65 Å². The van der Waals surface area contributed by atoms with Gasteiger partial charge in [0.2, 0.25) is 0 Å². The number of pyridine rings is 1. The summed E-state index contributed by atoms with van der Waals surface area (Å²) in [6.45, 7) is 7.61. The molecule has 1 atom stereocenters. The highest BCUT2D eigenvalue weighted by molar-refractivity contribution is 14.0. The largest absolute Gasteiger partial charge is 0.489 e. The SMILES string of the molecule is CN=C(NCCc1cn2cccc(C)c2n1)NCC(C)Oc1ccccc1C.I. The highest BCUT2D eigenvalue weighted by atomic mass is 127. The standard InChI is InChI=1S/C22H29N5O.HI/c1-16-8-5-6-10-20(16)28-18(3)14-25-22(23-4)24-12-11-19-15-27-13-7-9-17(2)21(27)26-19;/h5-10,13,15,18H,11-12,14H2,1-4H3,(H2,23,24,25);1H. The van der Waals surface area contributed by atoms with Gasteiger partial charge in [-0.1, -0.05) is 24.3 Å². The van der Waals surface area contributed by atoms with Crippen LogP contribution >= 0.6 is 24.0 Å². The van der Waals surface area contributed by atoms with Gasteiger partial charge < -0.3 is 19.8 Å². The molecule has 2 N–H and O–H groups in total. The molecule has 0 aliphatic carbocycles. The van der Waals surface area contributed by atoms with Crippen molar-refractivity contribution >= 4 is 35.6 Å². The van der Waals surface area contributed by atoms with Gasteiger partial charge in [-0.3, -0.25) is 4.99 Å². The van der Waals surface area contributed by atoms with E-state index in [2.05, 4.69) is 52.2 Å². The van der Waals surface area contributed by atoms with Gasteiger partial charge in [0.15, 0.2) is 5.96 Å². The molecule has 0 bridgehead atoms. The second kappa shape index (κ2) is 11.0. The van der Waals surface area contributed by atoms with E-state index >= 15 is 0 Å². The number of aliphatic imine (C=N–C) groups is 1. The molecule has 0 spiro atoms. The fraction of sp³-hybridized carbons (Fsp3) is 0.364. The quantitative estimate of drug-likeness (QED) is 0.291. The molecule has 1 unspecified atom stereocenters. The molecule has 29 heavy (non-hydrogen) atoms. The Morgan fingerprint density at radius 3 is 2.62 bits per heavy atom. The van der Waals surface area contributed by atoms with Crippen LogP contribution in [0.3, 0.4) is 0 Å². The minimum Gasteiger partial charge on any atom is -0.489 e. The minimum atomic E-state index is 0. The van der Waals surface area contributed by atoms with E-state index in [1.807, 2.05) is 37.4 Å². The van der Waals surface area contributed by atoms with E-state index < -0.39 is 0 Å². The van der Waals surface area contributed by atoms with Gasteiger partial charge in [-0.05, 0) is 44.0 Å². The van der Waals surface area contributed by atoms with Crippen LogP contribution in [0.5, 0.6) is 5.75 Å². The maximum absolute atomic E-state index is 6.00. The molecule has 0 aliphatic rings. The number of hydrogen-bond donors (Lipinski definition) is 2. The molecule has 0 amide bonds. The smallest absolute Gasteiger partial charge is 0.191 e. The molecule has 7 heteroatoms. The van der Waals surface area contributed by atoms with E-state index in [1.54, 1.807) is 7.05 Å². The fourth-order valence-corrected chi connectivity index (χ4v) is 3.04. The summed E-state index contributed by atoms with van der Waals surface area (Å²) >= 11 is 0. The predicted octanol–water partition coefficient (Wildman–Crippen LogP) is 3.74. The van der Waals surface area contributed by atoms with Crippen LogP contribution in [0.15, 0.2) is 53.8 Å². The lowest BCUT2D eigenvalue weighted by molar-refractivity contribution is 0.222. The van der Waals surface area contributed by atoms with Crippen molar-refractivity contribution < 1.29 is 4.74 Å². The van der Waals surface area contributed by atoms with Gasteiger partial charge in [0.25, 0.3) is 0 Å². The van der Waals surface area contributed by atoms with Gasteiger partial charge in [0.05, 0.1) is 12.2 Å². The van der Waals surface area contributed by atoms with E-state index in [0.717, 1.165) is 41.6 Å². The Balaban J connectivity index is 0.00000300. The minimum absolute atomic E-state index is 0. The van der Waals surface area contributed by atoms with Gasteiger partial charge in [0, 0.05) is 32.4 Å². The van der Waals surface area contributed by atoms with Crippen molar-refractivity contribution in [3.05, 3.63) is 65.6 Å². The van der Waals surface area contributed by atoms with Crippen molar-refractivity contribution in [2.24, 2.45) is 4.99 Å². The Morgan fingerprint density at radius 1 is 1.14 bits per heavy atom. The third kappa shape index (κ3) is 6.35. The van der Waals surface area contributed by atoms with Gasteiger partial charge >= 0.3 is 0 Å². The molecule has 2 aromatic heterocycles. The first-order valence-corrected chi connectivity index (χ1v) is 9.67. The van der Waals surface area contributed by atoms with Crippen molar-refractivity contribution in [1.29, 1.82) is 0 Å². The second-order valence-corrected chi connectivity index (χ2v) is 6.98. The first kappa shape index (κ1) is 23.0. The van der Waals surface area contributed by atoms with E-state index in [-0.39, 0.29) is 30.1 Å². The molecular weight excluding hydrogens is 477 g/mol. The zero-order valence-electron chi connectivity index (χ0n) is 17.5. The number of fused-ring (bicyclic) bond motifs is 1. The lowest BCUT2D eigenvalue weighted by Crippen LogP contribution is -2.42. The van der Waals surface area contributed by atoms with Gasteiger partial charge in [0.1, 0.15) is 17.5 Å². The van der Waals surface area contributed by atoms with Crippen molar-refractivity contribution in [1.82, 2.24) is 20.0 Å². The van der Waals surface area contributed by atoms with Gasteiger partial charge in [-0.15, -0.1) is 24.0 Å². The van der Waals surface area contributed by atoms with Crippen LogP contribution in [-0.2, 0) is 6.42 Å². The lowest BCUT2D eigenvalue weighted by atomic mass is 10.2. The Morgan fingerprint density at radius 2 is 1.90 bits per heavy atom. The number of aromatic nitrogens is 2.